The smallest absolute Gasteiger partial charge is 0.0161 e. The first kappa shape index (κ1) is 14.6. The second kappa shape index (κ2) is 7.06. The van der Waals surface area contributed by atoms with Gasteiger partial charge in [-0.3, -0.25) is 4.90 Å². The Morgan fingerprint density at radius 2 is 1.60 bits per heavy atom. The zero-order valence-electron chi connectivity index (χ0n) is 13.0. The molecular formula is C17H31N3. The Morgan fingerprint density at radius 3 is 2.40 bits per heavy atom. The maximum absolute atomic E-state index is 3.85. The summed E-state index contributed by atoms with van der Waals surface area (Å²) in [6.45, 7) is 14.0. The third-order valence-electron chi connectivity index (χ3n) is 5.57. The number of fused-ring (bicyclic) bond motifs is 1. The molecule has 0 N–H and O–H groups in total. The van der Waals surface area contributed by atoms with E-state index >= 15 is 0 Å². The molecule has 3 aliphatic rings. The van der Waals surface area contributed by atoms with E-state index in [1.54, 1.807) is 0 Å². The minimum atomic E-state index is 0.906. The summed E-state index contributed by atoms with van der Waals surface area (Å²) in [5.74, 6) is 0.940. The molecule has 0 radical (unpaired) electrons. The predicted molar refractivity (Wildman–Crippen MR) is 85.0 cm³/mol. The minimum absolute atomic E-state index is 0.906. The molecule has 0 aromatic rings. The Hall–Kier alpha value is -0.380. The lowest BCUT2D eigenvalue weighted by Gasteiger charge is -2.46. The van der Waals surface area contributed by atoms with Crippen molar-refractivity contribution >= 4 is 0 Å². The van der Waals surface area contributed by atoms with E-state index in [1.807, 2.05) is 6.08 Å². The fraction of sp³-hybridized carbons (Fsp3) is 0.882. The maximum atomic E-state index is 3.85. The van der Waals surface area contributed by atoms with E-state index in [9.17, 15) is 0 Å². The van der Waals surface area contributed by atoms with E-state index in [4.69, 9.17) is 0 Å². The fourth-order valence-electron chi connectivity index (χ4n) is 4.46. The van der Waals surface area contributed by atoms with Crippen LogP contribution in [0, 0.1) is 5.92 Å². The Kier molecular flexibility index (Phi) is 5.14. The van der Waals surface area contributed by atoms with Crippen molar-refractivity contribution in [1.29, 1.82) is 0 Å². The molecule has 114 valence electrons. The van der Waals surface area contributed by atoms with E-state index in [1.165, 1.54) is 77.9 Å². The number of hydrogen-bond donors (Lipinski definition) is 0. The van der Waals surface area contributed by atoms with Crippen molar-refractivity contribution in [1.82, 2.24) is 14.7 Å². The van der Waals surface area contributed by atoms with Crippen molar-refractivity contribution in [2.45, 2.75) is 38.1 Å². The van der Waals surface area contributed by atoms with Crippen LogP contribution in [0.2, 0.25) is 0 Å². The SMILES string of the molecule is C=CCN1CCN(C[C@@H]2CCCN3CCCC[C@H]23)CC1. The molecule has 0 aliphatic carbocycles. The van der Waals surface area contributed by atoms with Gasteiger partial charge >= 0.3 is 0 Å². The van der Waals surface area contributed by atoms with Gasteiger partial charge in [0.2, 0.25) is 0 Å². The van der Waals surface area contributed by atoms with Crippen molar-refractivity contribution in [3.05, 3.63) is 12.7 Å². The molecule has 3 nitrogen and oxygen atoms in total. The lowest BCUT2D eigenvalue weighted by molar-refractivity contribution is 0.0302. The molecule has 2 atom stereocenters. The summed E-state index contributed by atoms with van der Waals surface area (Å²) in [5, 5.41) is 0. The summed E-state index contributed by atoms with van der Waals surface area (Å²) in [6.07, 6.45) is 9.29. The third kappa shape index (κ3) is 3.44. The number of hydrogen-bond acceptors (Lipinski definition) is 3. The van der Waals surface area contributed by atoms with Crippen molar-refractivity contribution in [2.24, 2.45) is 5.92 Å². The molecule has 0 aromatic heterocycles. The van der Waals surface area contributed by atoms with E-state index < -0.39 is 0 Å². The van der Waals surface area contributed by atoms with Gasteiger partial charge in [-0.15, -0.1) is 6.58 Å². The van der Waals surface area contributed by atoms with Crippen LogP contribution in [0.25, 0.3) is 0 Å². The molecule has 3 fully saturated rings. The van der Waals surface area contributed by atoms with Crippen LogP contribution in [0.5, 0.6) is 0 Å². The molecule has 3 heteroatoms. The van der Waals surface area contributed by atoms with Crippen LogP contribution in [0.4, 0.5) is 0 Å². The topological polar surface area (TPSA) is 9.72 Å². The maximum Gasteiger partial charge on any atom is 0.0161 e. The van der Waals surface area contributed by atoms with E-state index in [0.29, 0.717) is 0 Å². The number of piperazine rings is 1. The number of piperidine rings is 2. The van der Waals surface area contributed by atoms with Crippen LogP contribution in [0.3, 0.4) is 0 Å². The van der Waals surface area contributed by atoms with Gasteiger partial charge in [-0.2, -0.15) is 0 Å². The highest BCUT2D eigenvalue weighted by atomic mass is 15.3. The molecule has 20 heavy (non-hydrogen) atoms. The second-order valence-electron chi connectivity index (χ2n) is 6.89. The summed E-state index contributed by atoms with van der Waals surface area (Å²) in [6, 6.07) is 0.906. The first-order valence-corrected chi connectivity index (χ1v) is 8.66. The average Bonchev–Trinajstić information content (AvgIpc) is 2.50. The lowest BCUT2D eigenvalue weighted by Crippen LogP contribution is -2.53. The number of nitrogens with zero attached hydrogens (tertiary/aromatic N) is 3. The fourth-order valence-corrected chi connectivity index (χ4v) is 4.46. The highest BCUT2D eigenvalue weighted by Crippen LogP contribution is 2.31. The molecule has 0 spiro atoms. The average molecular weight is 277 g/mol. The van der Waals surface area contributed by atoms with Gasteiger partial charge in [-0.05, 0) is 44.7 Å². The lowest BCUT2D eigenvalue weighted by atomic mass is 9.83. The molecule has 3 saturated heterocycles. The summed E-state index contributed by atoms with van der Waals surface area (Å²) in [4.78, 5) is 8.05. The highest BCUT2D eigenvalue weighted by Gasteiger charge is 2.34. The van der Waals surface area contributed by atoms with Gasteiger partial charge in [0.1, 0.15) is 0 Å². The molecule has 0 unspecified atom stereocenters. The summed E-state index contributed by atoms with van der Waals surface area (Å²) < 4.78 is 0. The minimum Gasteiger partial charge on any atom is -0.300 e. The van der Waals surface area contributed by atoms with Crippen LogP contribution in [0.1, 0.15) is 32.1 Å². The van der Waals surface area contributed by atoms with Gasteiger partial charge in [0, 0.05) is 45.3 Å². The van der Waals surface area contributed by atoms with Gasteiger partial charge in [0.25, 0.3) is 0 Å². The second-order valence-corrected chi connectivity index (χ2v) is 6.89. The summed E-state index contributed by atoms with van der Waals surface area (Å²) in [7, 11) is 0. The Bertz CT molecular complexity index is 307. The van der Waals surface area contributed by atoms with Crippen LogP contribution in [0.15, 0.2) is 12.7 Å². The summed E-state index contributed by atoms with van der Waals surface area (Å²) in [5.41, 5.74) is 0. The quantitative estimate of drug-likeness (QED) is 0.728. The molecule has 0 bridgehead atoms. The Labute approximate surface area is 124 Å². The van der Waals surface area contributed by atoms with Crippen molar-refractivity contribution in [2.75, 3.05) is 52.4 Å². The van der Waals surface area contributed by atoms with E-state index in [-0.39, 0.29) is 0 Å². The van der Waals surface area contributed by atoms with Gasteiger partial charge in [-0.1, -0.05) is 12.5 Å². The molecular weight excluding hydrogens is 246 g/mol. The van der Waals surface area contributed by atoms with Crippen molar-refractivity contribution in [3.8, 4) is 0 Å². The number of rotatable bonds is 4. The molecule has 0 aromatic carbocycles. The summed E-state index contributed by atoms with van der Waals surface area (Å²) >= 11 is 0. The third-order valence-corrected chi connectivity index (χ3v) is 5.57. The first-order chi connectivity index (χ1) is 9.86. The molecule has 3 rings (SSSR count). The predicted octanol–water partition coefficient (Wildman–Crippen LogP) is 2.05. The van der Waals surface area contributed by atoms with E-state index in [0.717, 1.165) is 18.5 Å². The van der Waals surface area contributed by atoms with Gasteiger partial charge in [-0.25, -0.2) is 0 Å². The zero-order chi connectivity index (χ0) is 13.8. The zero-order valence-corrected chi connectivity index (χ0v) is 13.0. The standard InChI is InChI=1S/C17H31N3/c1-2-8-18-11-13-19(14-12-18)15-16-6-5-10-20-9-4-3-7-17(16)20/h2,16-17H,1,3-15H2/t16-,17+/m0/s1. The van der Waals surface area contributed by atoms with Crippen LogP contribution < -0.4 is 0 Å². The molecule has 0 amide bonds. The monoisotopic (exact) mass is 277 g/mol. The van der Waals surface area contributed by atoms with Crippen LogP contribution in [-0.4, -0.2) is 73.1 Å². The normalized spacial score (nSPS) is 33.8. The van der Waals surface area contributed by atoms with E-state index in [2.05, 4.69) is 21.3 Å². The van der Waals surface area contributed by atoms with Crippen LogP contribution in [-0.2, 0) is 0 Å². The molecule has 0 saturated carbocycles. The van der Waals surface area contributed by atoms with Crippen molar-refractivity contribution in [3.63, 3.8) is 0 Å². The van der Waals surface area contributed by atoms with Crippen molar-refractivity contribution < 1.29 is 0 Å². The van der Waals surface area contributed by atoms with Gasteiger partial charge in [0.05, 0.1) is 0 Å². The Balaban J connectivity index is 1.48. The highest BCUT2D eigenvalue weighted by molar-refractivity contribution is 4.89. The largest absolute Gasteiger partial charge is 0.300 e. The van der Waals surface area contributed by atoms with Gasteiger partial charge < -0.3 is 9.80 Å². The Morgan fingerprint density at radius 1 is 0.850 bits per heavy atom. The molecule has 3 heterocycles. The first-order valence-electron chi connectivity index (χ1n) is 8.66. The van der Waals surface area contributed by atoms with Crippen LogP contribution >= 0.6 is 0 Å². The molecule has 3 aliphatic heterocycles. The van der Waals surface area contributed by atoms with Gasteiger partial charge in [0.15, 0.2) is 0 Å².